The fourth-order valence-electron chi connectivity index (χ4n) is 2.37. The molecule has 1 heterocycles. The predicted molar refractivity (Wildman–Crippen MR) is 86.9 cm³/mol. The van der Waals surface area contributed by atoms with Gasteiger partial charge in [-0.1, -0.05) is 11.6 Å². The van der Waals surface area contributed by atoms with Gasteiger partial charge in [-0.25, -0.2) is 0 Å². The number of aromatic nitrogens is 1. The SMILES string of the molecule is O=C(NCC1(O)CCC1)c1ccc(Oc2ccncc2)c(Cl)c1. The second-order valence-corrected chi connectivity index (χ2v) is 6.10. The van der Waals surface area contributed by atoms with Crippen LogP contribution < -0.4 is 10.1 Å². The van der Waals surface area contributed by atoms with Crippen LogP contribution in [-0.2, 0) is 0 Å². The third-order valence-corrected chi connectivity index (χ3v) is 4.23. The van der Waals surface area contributed by atoms with Crippen LogP contribution in [0.3, 0.4) is 0 Å². The summed E-state index contributed by atoms with van der Waals surface area (Å²) in [6, 6.07) is 8.28. The van der Waals surface area contributed by atoms with Gasteiger partial charge >= 0.3 is 0 Å². The molecule has 1 aliphatic rings. The highest BCUT2D eigenvalue weighted by molar-refractivity contribution is 6.32. The Balaban J connectivity index is 1.65. The van der Waals surface area contributed by atoms with E-state index in [1.165, 1.54) is 0 Å². The molecule has 2 N–H and O–H groups in total. The molecule has 1 aliphatic carbocycles. The van der Waals surface area contributed by atoms with Crippen LogP contribution in [0.15, 0.2) is 42.7 Å². The number of carbonyl (C=O) groups is 1. The van der Waals surface area contributed by atoms with E-state index in [-0.39, 0.29) is 12.5 Å². The molecule has 0 atom stereocenters. The first-order chi connectivity index (χ1) is 11.1. The number of nitrogens with zero attached hydrogens (tertiary/aromatic N) is 1. The van der Waals surface area contributed by atoms with E-state index in [4.69, 9.17) is 16.3 Å². The van der Waals surface area contributed by atoms with Crippen LogP contribution in [0.25, 0.3) is 0 Å². The molecule has 0 radical (unpaired) electrons. The van der Waals surface area contributed by atoms with Gasteiger partial charge in [-0.3, -0.25) is 9.78 Å². The number of halogens is 1. The van der Waals surface area contributed by atoms with Gasteiger partial charge in [0.2, 0.25) is 0 Å². The van der Waals surface area contributed by atoms with Crippen molar-refractivity contribution in [1.82, 2.24) is 10.3 Å². The molecule has 120 valence electrons. The molecule has 3 rings (SSSR count). The summed E-state index contributed by atoms with van der Waals surface area (Å²) in [6.45, 7) is 0.263. The zero-order valence-electron chi connectivity index (χ0n) is 12.5. The van der Waals surface area contributed by atoms with Crippen molar-refractivity contribution in [2.24, 2.45) is 0 Å². The predicted octanol–water partition coefficient (Wildman–Crippen LogP) is 3.17. The zero-order valence-corrected chi connectivity index (χ0v) is 13.2. The number of amides is 1. The molecule has 1 saturated carbocycles. The zero-order chi connectivity index (χ0) is 16.3. The maximum atomic E-state index is 12.1. The summed E-state index contributed by atoms with van der Waals surface area (Å²) >= 11 is 6.18. The van der Waals surface area contributed by atoms with Crippen LogP contribution in [0.1, 0.15) is 29.6 Å². The Morgan fingerprint density at radius 3 is 2.65 bits per heavy atom. The van der Waals surface area contributed by atoms with Gasteiger partial charge in [0, 0.05) is 24.5 Å². The summed E-state index contributed by atoms with van der Waals surface area (Å²) < 4.78 is 5.64. The van der Waals surface area contributed by atoms with Crippen molar-refractivity contribution in [2.45, 2.75) is 24.9 Å². The molecule has 1 fully saturated rings. The lowest BCUT2D eigenvalue weighted by Crippen LogP contribution is -2.47. The van der Waals surface area contributed by atoms with Gasteiger partial charge in [0.05, 0.1) is 10.6 Å². The van der Waals surface area contributed by atoms with Crippen LogP contribution in [0, 0.1) is 0 Å². The number of nitrogens with one attached hydrogen (secondary N) is 1. The molecular weight excluding hydrogens is 316 g/mol. The third kappa shape index (κ3) is 3.81. The van der Waals surface area contributed by atoms with Gasteiger partial charge < -0.3 is 15.2 Å². The summed E-state index contributed by atoms with van der Waals surface area (Å²) in [6.07, 6.45) is 5.70. The van der Waals surface area contributed by atoms with Crippen molar-refractivity contribution in [1.29, 1.82) is 0 Å². The van der Waals surface area contributed by atoms with Gasteiger partial charge in [-0.2, -0.15) is 0 Å². The standard InChI is InChI=1S/C17H17ClN2O3/c18-14-10-12(16(21)20-11-17(22)6-1-7-17)2-3-15(14)23-13-4-8-19-9-5-13/h2-5,8-10,22H,1,6-7,11H2,(H,20,21). The summed E-state index contributed by atoms with van der Waals surface area (Å²) in [5, 5.41) is 13.1. The van der Waals surface area contributed by atoms with Crippen molar-refractivity contribution in [3.63, 3.8) is 0 Å². The molecule has 2 aromatic rings. The monoisotopic (exact) mass is 332 g/mol. The quantitative estimate of drug-likeness (QED) is 0.882. The fourth-order valence-corrected chi connectivity index (χ4v) is 2.59. The maximum absolute atomic E-state index is 12.1. The average Bonchev–Trinajstić information content (AvgIpc) is 2.53. The van der Waals surface area contributed by atoms with Crippen molar-refractivity contribution in [3.05, 3.63) is 53.3 Å². The number of hydrogen-bond donors (Lipinski definition) is 2. The average molecular weight is 333 g/mol. The van der Waals surface area contributed by atoms with Gasteiger partial charge in [-0.15, -0.1) is 0 Å². The molecule has 0 saturated heterocycles. The molecular formula is C17H17ClN2O3. The van der Waals surface area contributed by atoms with E-state index in [9.17, 15) is 9.90 Å². The molecule has 1 aromatic carbocycles. The lowest BCUT2D eigenvalue weighted by molar-refractivity contribution is -0.0300. The highest BCUT2D eigenvalue weighted by Crippen LogP contribution is 2.31. The molecule has 23 heavy (non-hydrogen) atoms. The second-order valence-electron chi connectivity index (χ2n) is 5.69. The van der Waals surface area contributed by atoms with Crippen LogP contribution in [0.2, 0.25) is 5.02 Å². The summed E-state index contributed by atoms with van der Waals surface area (Å²) in [5.41, 5.74) is -0.316. The molecule has 0 bridgehead atoms. The third-order valence-electron chi connectivity index (χ3n) is 3.93. The largest absolute Gasteiger partial charge is 0.456 e. The van der Waals surface area contributed by atoms with Gasteiger partial charge in [-0.05, 0) is 49.6 Å². The van der Waals surface area contributed by atoms with E-state index < -0.39 is 5.60 Å². The normalized spacial score (nSPS) is 15.6. The van der Waals surface area contributed by atoms with E-state index in [2.05, 4.69) is 10.3 Å². The van der Waals surface area contributed by atoms with Crippen molar-refractivity contribution in [3.8, 4) is 11.5 Å². The van der Waals surface area contributed by atoms with E-state index in [0.29, 0.717) is 22.1 Å². The van der Waals surface area contributed by atoms with Crippen molar-refractivity contribution >= 4 is 17.5 Å². The Kier molecular flexibility index (Phi) is 4.50. The van der Waals surface area contributed by atoms with E-state index in [0.717, 1.165) is 19.3 Å². The molecule has 6 heteroatoms. The minimum absolute atomic E-state index is 0.261. The topological polar surface area (TPSA) is 71.5 Å². The van der Waals surface area contributed by atoms with E-state index in [1.54, 1.807) is 42.7 Å². The Morgan fingerprint density at radius 2 is 2.04 bits per heavy atom. The Morgan fingerprint density at radius 1 is 1.30 bits per heavy atom. The first kappa shape index (κ1) is 15.8. The Labute approximate surface area is 139 Å². The summed E-state index contributed by atoms with van der Waals surface area (Å²) in [7, 11) is 0. The first-order valence-electron chi connectivity index (χ1n) is 7.44. The smallest absolute Gasteiger partial charge is 0.251 e. The Bertz CT molecular complexity index is 702. The van der Waals surface area contributed by atoms with Gasteiger partial charge in [0.25, 0.3) is 5.91 Å². The highest BCUT2D eigenvalue weighted by Gasteiger charge is 2.34. The summed E-state index contributed by atoms with van der Waals surface area (Å²) in [4.78, 5) is 16.0. The molecule has 0 spiro atoms. The lowest BCUT2D eigenvalue weighted by Gasteiger charge is -2.36. The number of carbonyl (C=O) groups excluding carboxylic acids is 1. The second kappa shape index (κ2) is 6.56. The number of rotatable bonds is 5. The number of aliphatic hydroxyl groups is 1. The molecule has 1 aromatic heterocycles. The fraction of sp³-hybridized carbons (Fsp3) is 0.294. The highest BCUT2D eigenvalue weighted by atomic mass is 35.5. The van der Waals surface area contributed by atoms with Gasteiger partial charge in [0.1, 0.15) is 11.5 Å². The van der Waals surface area contributed by atoms with Crippen LogP contribution in [0.5, 0.6) is 11.5 Å². The van der Waals surface area contributed by atoms with Crippen molar-refractivity contribution < 1.29 is 14.6 Å². The lowest BCUT2D eigenvalue weighted by atomic mass is 9.80. The number of hydrogen-bond acceptors (Lipinski definition) is 4. The molecule has 0 aliphatic heterocycles. The first-order valence-corrected chi connectivity index (χ1v) is 7.82. The van der Waals surface area contributed by atoms with E-state index >= 15 is 0 Å². The van der Waals surface area contributed by atoms with Crippen LogP contribution in [0.4, 0.5) is 0 Å². The molecule has 5 nitrogen and oxygen atoms in total. The van der Waals surface area contributed by atoms with Crippen LogP contribution >= 0.6 is 11.6 Å². The Hall–Kier alpha value is -2.11. The maximum Gasteiger partial charge on any atom is 0.251 e. The number of pyridine rings is 1. The minimum atomic E-state index is -0.746. The number of ether oxygens (including phenoxy) is 1. The number of benzene rings is 1. The van der Waals surface area contributed by atoms with Crippen LogP contribution in [-0.4, -0.2) is 28.1 Å². The molecule has 1 amide bonds. The van der Waals surface area contributed by atoms with Crippen molar-refractivity contribution in [2.75, 3.05) is 6.54 Å². The van der Waals surface area contributed by atoms with Gasteiger partial charge in [0.15, 0.2) is 0 Å². The summed E-state index contributed by atoms with van der Waals surface area (Å²) in [5.74, 6) is 0.820. The van der Waals surface area contributed by atoms with E-state index in [1.807, 2.05) is 0 Å². The minimum Gasteiger partial charge on any atom is -0.456 e. The molecule has 0 unspecified atom stereocenters.